The number of nitrogens with zero attached hydrogens (tertiary/aromatic N) is 1. The van der Waals surface area contributed by atoms with Gasteiger partial charge in [0.05, 0.1) is 11.2 Å². The molecule has 0 aliphatic carbocycles. The van der Waals surface area contributed by atoms with Crippen molar-refractivity contribution in [1.29, 1.82) is 0 Å². The molecule has 0 heterocycles. The van der Waals surface area contributed by atoms with Crippen molar-refractivity contribution in [3.63, 3.8) is 0 Å². The van der Waals surface area contributed by atoms with Crippen molar-refractivity contribution in [2.45, 2.75) is 0 Å². The maximum absolute atomic E-state index is 11.8. The highest BCUT2D eigenvalue weighted by molar-refractivity contribution is 6.35. The molecular formula is C21H16Cl2N2O3. The van der Waals surface area contributed by atoms with Crippen LogP contribution in [-0.2, 0) is 4.79 Å². The van der Waals surface area contributed by atoms with Crippen LogP contribution in [0.2, 0.25) is 10.0 Å². The highest BCUT2D eigenvalue weighted by atomic mass is 35.5. The van der Waals surface area contributed by atoms with Gasteiger partial charge < -0.3 is 9.47 Å². The number of para-hydroxylation sites is 1. The van der Waals surface area contributed by atoms with Gasteiger partial charge in [0.15, 0.2) is 6.61 Å². The molecule has 0 aliphatic rings. The van der Waals surface area contributed by atoms with Crippen molar-refractivity contribution in [2.24, 2.45) is 5.10 Å². The topological polar surface area (TPSA) is 59.9 Å². The van der Waals surface area contributed by atoms with E-state index < -0.39 is 5.91 Å². The summed E-state index contributed by atoms with van der Waals surface area (Å²) in [6, 6.07) is 21.6. The van der Waals surface area contributed by atoms with E-state index in [1.807, 2.05) is 54.6 Å². The Balaban J connectivity index is 1.51. The Morgan fingerprint density at radius 3 is 2.54 bits per heavy atom. The third kappa shape index (κ3) is 6.01. The Bertz CT molecular complexity index is 978. The molecule has 0 radical (unpaired) electrons. The van der Waals surface area contributed by atoms with Gasteiger partial charge in [0.25, 0.3) is 5.91 Å². The molecule has 0 aromatic heterocycles. The second-order valence-electron chi connectivity index (χ2n) is 5.64. The van der Waals surface area contributed by atoms with Crippen LogP contribution in [-0.4, -0.2) is 18.7 Å². The van der Waals surface area contributed by atoms with Crippen molar-refractivity contribution in [3.05, 3.63) is 88.4 Å². The number of carbonyl (C=O) groups is 1. The van der Waals surface area contributed by atoms with E-state index in [1.54, 1.807) is 18.2 Å². The quantitative estimate of drug-likeness (QED) is 0.420. The number of nitrogens with one attached hydrogen (secondary N) is 1. The Hall–Kier alpha value is -3.02. The summed E-state index contributed by atoms with van der Waals surface area (Å²) in [5, 5.41) is 4.75. The SMILES string of the molecule is O=C(COc1ccc(Cl)cc1Cl)N/N=C/c1cccc(Oc2ccccc2)c1. The predicted octanol–water partition coefficient (Wildman–Crippen LogP) is 5.31. The predicted molar refractivity (Wildman–Crippen MR) is 111 cm³/mol. The number of rotatable bonds is 7. The van der Waals surface area contributed by atoms with Gasteiger partial charge in [0.1, 0.15) is 17.2 Å². The molecule has 0 aliphatic heterocycles. The molecule has 0 atom stereocenters. The highest BCUT2D eigenvalue weighted by Crippen LogP contribution is 2.27. The normalized spacial score (nSPS) is 10.6. The molecule has 1 amide bonds. The Kier molecular flexibility index (Phi) is 6.89. The molecule has 0 fully saturated rings. The van der Waals surface area contributed by atoms with E-state index in [2.05, 4.69) is 10.5 Å². The van der Waals surface area contributed by atoms with Gasteiger partial charge in [0, 0.05) is 5.02 Å². The van der Waals surface area contributed by atoms with E-state index in [4.69, 9.17) is 32.7 Å². The second kappa shape index (κ2) is 9.78. The van der Waals surface area contributed by atoms with Crippen LogP contribution < -0.4 is 14.9 Å². The molecule has 3 aromatic carbocycles. The largest absolute Gasteiger partial charge is 0.482 e. The molecule has 142 valence electrons. The first-order valence-electron chi connectivity index (χ1n) is 8.33. The smallest absolute Gasteiger partial charge is 0.277 e. The van der Waals surface area contributed by atoms with Crippen molar-refractivity contribution in [2.75, 3.05) is 6.61 Å². The Morgan fingerprint density at radius 1 is 0.964 bits per heavy atom. The van der Waals surface area contributed by atoms with Gasteiger partial charge in [-0.1, -0.05) is 53.5 Å². The zero-order chi connectivity index (χ0) is 19.8. The number of ether oxygens (including phenoxy) is 2. The summed E-state index contributed by atoms with van der Waals surface area (Å²) in [5.74, 6) is 1.36. The minimum atomic E-state index is -0.418. The van der Waals surface area contributed by atoms with Crippen LogP contribution in [0.1, 0.15) is 5.56 Å². The zero-order valence-corrected chi connectivity index (χ0v) is 16.2. The molecule has 0 spiro atoms. The first-order valence-corrected chi connectivity index (χ1v) is 9.08. The monoisotopic (exact) mass is 414 g/mol. The number of amides is 1. The lowest BCUT2D eigenvalue weighted by molar-refractivity contribution is -0.123. The number of benzene rings is 3. The molecule has 7 heteroatoms. The van der Waals surface area contributed by atoms with Gasteiger partial charge >= 0.3 is 0 Å². The highest BCUT2D eigenvalue weighted by Gasteiger charge is 2.06. The molecule has 0 saturated heterocycles. The fourth-order valence-corrected chi connectivity index (χ4v) is 2.69. The molecule has 3 aromatic rings. The average molecular weight is 415 g/mol. The lowest BCUT2D eigenvalue weighted by Crippen LogP contribution is -2.24. The van der Waals surface area contributed by atoms with Crippen LogP contribution in [0, 0.1) is 0 Å². The molecule has 1 N–H and O–H groups in total. The van der Waals surface area contributed by atoms with Crippen LogP contribution in [0.3, 0.4) is 0 Å². The van der Waals surface area contributed by atoms with Crippen LogP contribution in [0.4, 0.5) is 0 Å². The maximum atomic E-state index is 11.8. The molecule has 5 nitrogen and oxygen atoms in total. The number of hydrogen-bond acceptors (Lipinski definition) is 4. The van der Waals surface area contributed by atoms with Crippen LogP contribution in [0.25, 0.3) is 0 Å². The molecule has 28 heavy (non-hydrogen) atoms. The fourth-order valence-electron chi connectivity index (χ4n) is 2.23. The van der Waals surface area contributed by atoms with Crippen molar-refractivity contribution >= 4 is 35.3 Å². The standard InChI is InChI=1S/C21H16Cl2N2O3/c22-16-9-10-20(19(23)12-16)27-14-21(26)25-24-13-15-5-4-8-18(11-15)28-17-6-2-1-3-7-17/h1-13H,14H2,(H,25,26)/b24-13+. The second-order valence-corrected chi connectivity index (χ2v) is 6.49. The number of hydrazone groups is 1. The fraction of sp³-hybridized carbons (Fsp3) is 0.0476. The van der Waals surface area contributed by atoms with E-state index in [0.29, 0.717) is 21.5 Å². The molecule has 3 rings (SSSR count). The first kappa shape index (κ1) is 19.7. The van der Waals surface area contributed by atoms with E-state index in [1.165, 1.54) is 6.21 Å². The van der Waals surface area contributed by atoms with Gasteiger partial charge in [-0.2, -0.15) is 5.10 Å². The van der Waals surface area contributed by atoms with Gasteiger partial charge in [-0.3, -0.25) is 4.79 Å². The summed E-state index contributed by atoms with van der Waals surface area (Å²) in [6.07, 6.45) is 1.52. The van der Waals surface area contributed by atoms with E-state index >= 15 is 0 Å². The minimum absolute atomic E-state index is 0.226. The molecule has 0 saturated carbocycles. The lowest BCUT2D eigenvalue weighted by Gasteiger charge is -2.07. The summed E-state index contributed by atoms with van der Waals surface area (Å²) < 4.78 is 11.1. The van der Waals surface area contributed by atoms with Gasteiger partial charge in [0.2, 0.25) is 0 Å². The number of halogens is 2. The van der Waals surface area contributed by atoms with Crippen LogP contribution >= 0.6 is 23.2 Å². The summed E-state index contributed by atoms with van der Waals surface area (Å²) >= 11 is 11.8. The van der Waals surface area contributed by atoms with Crippen LogP contribution in [0.5, 0.6) is 17.2 Å². The van der Waals surface area contributed by atoms with Gasteiger partial charge in [-0.05, 0) is 48.0 Å². The number of hydrogen-bond donors (Lipinski definition) is 1. The van der Waals surface area contributed by atoms with E-state index in [0.717, 1.165) is 11.3 Å². The molecule has 0 bridgehead atoms. The molecular weight excluding hydrogens is 399 g/mol. The lowest BCUT2D eigenvalue weighted by atomic mass is 10.2. The summed E-state index contributed by atoms with van der Waals surface area (Å²) in [7, 11) is 0. The molecule has 0 unspecified atom stereocenters. The van der Waals surface area contributed by atoms with Crippen molar-refractivity contribution in [3.8, 4) is 17.2 Å². The van der Waals surface area contributed by atoms with Crippen molar-refractivity contribution in [1.82, 2.24) is 5.43 Å². The Labute approximate surface area is 172 Å². The van der Waals surface area contributed by atoms with E-state index in [9.17, 15) is 4.79 Å². The average Bonchev–Trinajstić information content (AvgIpc) is 2.68. The summed E-state index contributed by atoms with van der Waals surface area (Å²) in [6.45, 7) is -0.226. The van der Waals surface area contributed by atoms with Gasteiger partial charge in [-0.15, -0.1) is 0 Å². The summed E-state index contributed by atoms with van der Waals surface area (Å²) in [5.41, 5.74) is 3.17. The van der Waals surface area contributed by atoms with Crippen molar-refractivity contribution < 1.29 is 14.3 Å². The zero-order valence-electron chi connectivity index (χ0n) is 14.6. The van der Waals surface area contributed by atoms with Crippen LogP contribution in [0.15, 0.2) is 77.9 Å². The van der Waals surface area contributed by atoms with E-state index in [-0.39, 0.29) is 6.61 Å². The maximum Gasteiger partial charge on any atom is 0.277 e. The Morgan fingerprint density at radius 2 is 1.75 bits per heavy atom. The minimum Gasteiger partial charge on any atom is -0.482 e. The third-order valence-electron chi connectivity index (χ3n) is 3.49. The van der Waals surface area contributed by atoms with Gasteiger partial charge in [-0.25, -0.2) is 5.43 Å². The number of carbonyl (C=O) groups excluding carboxylic acids is 1. The summed E-state index contributed by atoms with van der Waals surface area (Å²) in [4.78, 5) is 11.8. The third-order valence-corrected chi connectivity index (χ3v) is 4.02. The first-order chi connectivity index (χ1) is 13.6.